The average Bonchev–Trinajstić information content (AvgIpc) is 2.78. The van der Waals surface area contributed by atoms with Gasteiger partial charge in [0.2, 0.25) is 0 Å². The van der Waals surface area contributed by atoms with Gasteiger partial charge in [-0.2, -0.15) is 0 Å². The Kier molecular flexibility index (Phi) is 5.40. The predicted octanol–water partition coefficient (Wildman–Crippen LogP) is 4.90. The van der Waals surface area contributed by atoms with Crippen LogP contribution in [0.15, 0.2) is 64.7 Å². The van der Waals surface area contributed by atoms with Crippen LogP contribution in [0.5, 0.6) is 5.75 Å². The fourth-order valence-corrected chi connectivity index (χ4v) is 4.74. The zero-order valence-corrected chi connectivity index (χ0v) is 18.2. The Morgan fingerprint density at radius 1 is 1.19 bits per heavy atom. The van der Waals surface area contributed by atoms with Gasteiger partial charge in [0.15, 0.2) is 11.9 Å². The third kappa shape index (κ3) is 3.92. The van der Waals surface area contributed by atoms with Crippen molar-refractivity contribution in [2.45, 2.75) is 24.4 Å². The molecule has 1 aliphatic heterocycles. The van der Waals surface area contributed by atoms with Crippen molar-refractivity contribution in [1.29, 1.82) is 0 Å². The van der Waals surface area contributed by atoms with Gasteiger partial charge in [-0.05, 0) is 42.8 Å². The van der Waals surface area contributed by atoms with Gasteiger partial charge in [-0.3, -0.25) is 4.79 Å². The highest BCUT2D eigenvalue weighted by Gasteiger charge is 2.19. The molecule has 2 aromatic heterocycles. The monoisotopic (exact) mass is 451 g/mol. The fraction of sp³-hybridized carbons (Fsp3) is 0.174. The summed E-state index contributed by atoms with van der Waals surface area (Å²) in [6.07, 6.45) is 1.74. The third-order valence-corrected chi connectivity index (χ3v) is 6.18. The van der Waals surface area contributed by atoms with Crippen LogP contribution in [-0.2, 0) is 17.1 Å². The Morgan fingerprint density at radius 2 is 2.06 bits per heavy atom. The zero-order chi connectivity index (χ0) is 21.4. The van der Waals surface area contributed by atoms with E-state index in [4.69, 9.17) is 26.1 Å². The van der Waals surface area contributed by atoms with Crippen LogP contribution in [0, 0.1) is 6.92 Å². The van der Waals surface area contributed by atoms with Gasteiger partial charge in [-0.15, -0.1) is 0 Å². The Bertz CT molecular complexity index is 1340. The predicted molar refractivity (Wildman–Crippen MR) is 121 cm³/mol. The van der Waals surface area contributed by atoms with Gasteiger partial charge in [-0.25, -0.2) is 14.5 Å². The van der Waals surface area contributed by atoms with Gasteiger partial charge < -0.3 is 9.47 Å². The first-order valence-electron chi connectivity index (χ1n) is 9.69. The molecule has 2 aromatic carbocycles. The molecule has 3 heterocycles. The van der Waals surface area contributed by atoms with Crippen molar-refractivity contribution in [2.75, 3.05) is 6.79 Å². The molecule has 0 bridgehead atoms. The smallest absolute Gasteiger partial charge is 0.267 e. The van der Waals surface area contributed by atoms with Crippen LogP contribution >= 0.6 is 23.4 Å². The number of ether oxygens (including phenoxy) is 2. The molecular formula is C23H18ClN3O3S. The highest BCUT2D eigenvalue weighted by molar-refractivity contribution is 7.98. The van der Waals surface area contributed by atoms with Crippen LogP contribution in [0.1, 0.15) is 16.7 Å². The second-order valence-corrected chi connectivity index (χ2v) is 8.58. The molecular weight excluding hydrogens is 434 g/mol. The van der Waals surface area contributed by atoms with E-state index in [2.05, 4.69) is 4.98 Å². The number of aromatic nitrogens is 3. The van der Waals surface area contributed by atoms with Crippen LogP contribution in [0.2, 0.25) is 5.02 Å². The second-order valence-electron chi connectivity index (χ2n) is 7.20. The maximum Gasteiger partial charge on any atom is 0.267 e. The van der Waals surface area contributed by atoms with Crippen LogP contribution in [0.25, 0.3) is 16.7 Å². The van der Waals surface area contributed by atoms with Crippen molar-refractivity contribution in [2.24, 2.45) is 0 Å². The molecule has 5 rings (SSSR count). The molecule has 0 N–H and O–H groups in total. The summed E-state index contributed by atoms with van der Waals surface area (Å²) in [7, 11) is 0. The Balaban J connectivity index is 1.60. The molecule has 6 nitrogen and oxygen atoms in total. The third-order valence-electron chi connectivity index (χ3n) is 4.98. The Morgan fingerprint density at radius 3 is 2.90 bits per heavy atom. The summed E-state index contributed by atoms with van der Waals surface area (Å²) in [5.41, 5.74) is 3.36. The van der Waals surface area contributed by atoms with Gasteiger partial charge in [0, 0.05) is 28.1 Å². The number of thioether (sulfide) groups is 1. The van der Waals surface area contributed by atoms with E-state index in [9.17, 15) is 4.79 Å². The van der Waals surface area contributed by atoms with Crippen molar-refractivity contribution in [3.8, 4) is 11.6 Å². The summed E-state index contributed by atoms with van der Waals surface area (Å²) >= 11 is 7.75. The molecule has 0 fully saturated rings. The summed E-state index contributed by atoms with van der Waals surface area (Å²) in [6, 6.07) is 14.8. The number of aryl methyl sites for hydroxylation is 1. The first-order valence-corrected chi connectivity index (χ1v) is 11.1. The van der Waals surface area contributed by atoms with Crippen molar-refractivity contribution >= 4 is 34.3 Å². The average molecular weight is 452 g/mol. The number of halogens is 1. The number of hydrogen-bond acceptors (Lipinski definition) is 6. The first kappa shape index (κ1) is 20.1. The zero-order valence-electron chi connectivity index (χ0n) is 16.7. The summed E-state index contributed by atoms with van der Waals surface area (Å²) in [4.78, 5) is 22.6. The molecule has 156 valence electrons. The quantitative estimate of drug-likeness (QED) is 0.325. The maximum absolute atomic E-state index is 13.3. The van der Waals surface area contributed by atoms with Crippen molar-refractivity contribution in [3.63, 3.8) is 0 Å². The van der Waals surface area contributed by atoms with E-state index in [0.29, 0.717) is 39.3 Å². The molecule has 0 spiro atoms. The van der Waals surface area contributed by atoms with E-state index in [0.717, 1.165) is 22.4 Å². The molecule has 0 amide bonds. The number of fused-ring (bicyclic) bond motifs is 2. The minimum absolute atomic E-state index is 0.151. The molecule has 0 aliphatic carbocycles. The van der Waals surface area contributed by atoms with Crippen LogP contribution < -0.4 is 10.3 Å². The SMILES string of the molecule is Cc1ccc(-n2c(SCc3cc(Cl)cc4c3OCOC4)nc3ccccc3c2=O)nc1. The summed E-state index contributed by atoms with van der Waals surface area (Å²) < 4.78 is 12.7. The summed E-state index contributed by atoms with van der Waals surface area (Å²) in [5, 5.41) is 1.73. The van der Waals surface area contributed by atoms with Gasteiger partial charge in [-0.1, -0.05) is 41.6 Å². The summed E-state index contributed by atoms with van der Waals surface area (Å²) in [6.45, 7) is 2.62. The molecule has 4 aromatic rings. The van der Waals surface area contributed by atoms with Crippen LogP contribution in [0.4, 0.5) is 0 Å². The van der Waals surface area contributed by atoms with Crippen molar-refractivity contribution < 1.29 is 9.47 Å². The van der Waals surface area contributed by atoms with Crippen LogP contribution in [-0.4, -0.2) is 21.3 Å². The minimum atomic E-state index is -0.151. The molecule has 0 unspecified atom stereocenters. The normalized spacial score (nSPS) is 13.1. The topological polar surface area (TPSA) is 66.2 Å². The van der Waals surface area contributed by atoms with Gasteiger partial charge >= 0.3 is 0 Å². The van der Waals surface area contributed by atoms with E-state index in [1.165, 1.54) is 11.8 Å². The number of nitrogens with zero attached hydrogens (tertiary/aromatic N) is 3. The minimum Gasteiger partial charge on any atom is -0.467 e. The van der Waals surface area contributed by atoms with Crippen molar-refractivity contribution in [1.82, 2.24) is 14.5 Å². The standard InChI is InChI=1S/C23H18ClN3O3S/c1-14-6-7-20(25-10-14)27-22(28)18-4-2-3-5-19(18)26-23(27)31-12-16-9-17(24)8-15-11-29-13-30-21(15)16/h2-10H,11-13H2,1H3. The highest BCUT2D eigenvalue weighted by atomic mass is 35.5. The lowest BCUT2D eigenvalue weighted by Gasteiger charge is -2.21. The molecule has 31 heavy (non-hydrogen) atoms. The maximum atomic E-state index is 13.3. The summed E-state index contributed by atoms with van der Waals surface area (Å²) in [5.74, 6) is 1.85. The highest BCUT2D eigenvalue weighted by Crippen LogP contribution is 2.35. The van der Waals surface area contributed by atoms with E-state index < -0.39 is 0 Å². The Labute approximate surface area is 187 Å². The number of para-hydroxylation sites is 1. The number of hydrogen-bond donors (Lipinski definition) is 0. The number of benzene rings is 2. The molecule has 0 saturated carbocycles. The number of pyridine rings is 1. The lowest BCUT2D eigenvalue weighted by atomic mass is 10.1. The van der Waals surface area contributed by atoms with E-state index >= 15 is 0 Å². The van der Waals surface area contributed by atoms with Gasteiger partial charge in [0.05, 0.1) is 17.5 Å². The van der Waals surface area contributed by atoms with Gasteiger partial charge in [0.25, 0.3) is 5.56 Å². The molecule has 8 heteroatoms. The molecule has 0 saturated heterocycles. The van der Waals surface area contributed by atoms with Crippen molar-refractivity contribution in [3.05, 3.63) is 86.8 Å². The molecule has 0 radical (unpaired) electrons. The van der Waals surface area contributed by atoms with E-state index in [-0.39, 0.29) is 12.4 Å². The Hall–Kier alpha value is -2.87. The van der Waals surface area contributed by atoms with E-state index in [1.807, 2.05) is 49.4 Å². The number of rotatable bonds is 4. The largest absolute Gasteiger partial charge is 0.467 e. The first-order chi connectivity index (χ1) is 15.1. The van der Waals surface area contributed by atoms with E-state index in [1.54, 1.807) is 16.8 Å². The molecule has 1 aliphatic rings. The van der Waals surface area contributed by atoms with Crippen LogP contribution in [0.3, 0.4) is 0 Å². The lowest BCUT2D eigenvalue weighted by Crippen LogP contribution is -2.22. The molecule has 0 atom stereocenters. The fourth-order valence-electron chi connectivity index (χ4n) is 3.51. The second kappa shape index (κ2) is 8.34. The lowest BCUT2D eigenvalue weighted by molar-refractivity contribution is -0.0168. The van der Waals surface area contributed by atoms with Gasteiger partial charge in [0.1, 0.15) is 11.6 Å².